The van der Waals surface area contributed by atoms with Gasteiger partial charge in [-0.3, -0.25) is 4.98 Å². The van der Waals surface area contributed by atoms with Crippen LogP contribution in [0, 0.1) is 5.92 Å². The highest BCUT2D eigenvalue weighted by Crippen LogP contribution is 2.31. The lowest BCUT2D eigenvalue weighted by atomic mass is 9.90. The molecule has 2 nitrogen and oxygen atoms in total. The molecule has 0 amide bonds. The molecular weight excluding hydrogens is 227 g/mol. The van der Waals surface area contributed by atoms with Gasteiger partial charge in [0.1, 0.15) is 6.17 Å². The van der Waals surface area contributed by atoms with Crippen LogP contribution in [-0.2, 0) is 0 Å². The Kier molecular flexibility index (Phi) is 3.24. The van der Waals surface area contributed by atoms with E-state index in [0.29, 0.717) is 0 Å². The van der Waals surface area contributed by atoms with Crippen molar-refractivity contribution in [3.05, 3.63) is 42.1 Å². The van der Waals surface area contributed by atoms with Crippen molar-refractivity contribution in [3.63, 3.8) is 0 Å². The third-order valence-electron chi connectivity index (χ3n) is 3.69. The quantitative estimate of drug-likeness (QED) is 0.877. The van der Waals surface area contributed by atoms with E-state index < -0.39 is 6.17 Å². The zero-order chi connectivity index (χ0) is 12.4. The summed E-state index contributed by atoms with van der Waals surface area (Å²) >= 11 is 0. The normalized spacial score (nSPS) is 21.9. The minimum absolute atomic E-state index is 0.105. The van der Waals surface area contributed by atoms with Crippen molar-refractivity contribution >= 4 is 10.9 Å². The van der Waals surface area contributed by atoms with Crippen molar-refractivity contribution in [1.82, 2.24) is 10.3 Å². The second kappa shape index (κ2) is 5.02. The summed E-state index contributed by atoms with van der Waals surface area (Å²) in [6.07, 6.45) is 2.93. The van der Waals surface area contributed by atoms with E-state index >= 15 is 0 Å². The largest absolute Gasteiger partial charge is 0.316 e. The first kappa shape index (κ1) is 11.6. The fourth-order valence-electron chi connectivity index (χ4n) is 2.67. The van der Waals surface area contributed by atoms with Crippen LogP contribution in [0.1, 0.15) is 24.6 Å². The average molecular weight is 244 g/mol. The summed E-state index contributed by atoms with van der Waals surface area (Å²) in [5, 5.41) is 4.29. The van der Waals surface area contributed by atoms with Crippen molar-refractivity contribution in [3.8, 4) is 0 Å². The molecule has 2 atom stereocenters. The maximum absolute atomic E-state index is 14.5. The Morgan fingerprint density at radius 1 is 1.33 bits per heavy atom. The van der Waals surface area contributed by atoms with Crippen molar-refractivity contribution in [1.29, 1.82) is 0 Å². The number of nitrogens with zero attached hydrogens (tertiary/aromatic N) is 1. The van der Waals surface area contributed by atoms with E-state index in [1.807, 2.05) is 30.3 Å². The van der Waals surface area contributed by atoms with E-state index in [1.165, 1.54) is 0 Å². The van der Waals surface area contributed by atoms with Gasteiger partial charge in [0.25, 0.3) is 0 Å². The summed E-state index contributed by atoms with van der Waals surface area (Å²) in [6.45, 7) is 1.80. The van der Waals surface area contributed by atoms with Crippen molar-refractivity contribution in [2.24, 2.45) is 5.92 Å². The lowest BCUT2D eigenvalue weighted by Gasteiger charge is -2.26. The zero-order valence-electron chi connectivity index (χ0n) is 10.3. The van der Waals surface area contributed by atoms with Crippen LogP contribution >= 0.6 is 0 Å². The molecule has 3 rings (SSSR count). The number of halogens is 1. The summed E-state index contributed by atoms with van der Waals surface area (Å²) in [6, 6.07) is 9.59. The zero-order valence-corrected chi connectivity index (χ0v) is 10.3. The number of pyridine rings is 1. The minimum Gasteiger partial charge on any atom is -0.316 e. The van der Waals surface area contributed by atoms with Crippen molar-refractivity contribution < 1.29 is 4.39 Å². The van der Waals surface area contributed by atoms with E-state index in [0.717, 1.165) is 42.4 Å². The molecule has 0 bridgehead atoms. The fourth-order valence-corrected chi connectivity index (χ4v) is 2.67. The minimum atomic E-state index is -0.873. The number of hydrogen-bond donors (Lipinski definition) is 1. The molecule has 1 aliphatic rings. The fraction of sp³-hybridized carbons (Fsp3) is 0.400. The lowest BCUT2D eigenvalue weighted by molar-refractivity contribution is 0.195. The average Bonchev–Trinajstić information content (AvgIpc) is 2.47. The van der Waals surface area contributed by atoms with E-state index in [2.05, 4.69) is 10.3 Å². The first-order valence-electron chi connectivity index (χ1n) is 6.54. The number of piperidine rings is 1. The van der Waals surface area contributed by atoms with Gasteiger partial charge in [-0.25, -0.2) is 4.39 Å². The van der Waals surface area contributed by atoms with Gasteiger partial charge < -0.3 is 5.32 Å². The number of hydrogen-bond acceptors (Lipinski definition) is 2. The highest BCUT2D eigenvalue weighted by atomic mass is 19.1. The molecule has 1 aromatic heterocycles. The van der Waals surface area contributed by atoms with Gasteiger partial charge in [0.15, 0.2) is 0 Å². The number of rotatable bonds is 2. The summed E-state index contributed by atoms with van der Waals surface area (Å²) in [5.74, 6) is 0.105. The van der Waals surface area contributed by atoms with E-state index in [-0.39, 0.29) is 5.92 Å². The standard InChI is InChI=1S/C15H17FN2/c16-15(13-4-1-7-17-10-13)12-5-6-14-11(9-12)3-2-8-18-14/h2-3,5-6,8-9,13,15,17H,1,4,7,10H2. The number of benzene rings is 1. The van der Waals surface area contributed by atoms with E-state index in [1.54, 1.807) is 6.20 Å². The van der Waals surface area contributed by atoms with Crippen LogP contribution < -0.4 is 5.32 Å². The molecule has 1 saturated heterocycles. The van der Waals surface area contributed by atoms with Gasteiger partial charge in [-0.1, -0.05) is 12.1 Å². The van der Waals surface area contributed by atoms with E-state index in [9.17, 15) is 4.39 Å². The molecule has 1 fully saturated rings. The van der Waals surface area contributed by atoms with Crippen LogP contribution in [0.3, 0.4) is 0 Å². The van der Waals surface area contributed by atoms with Gasteiger partial charge >= 0.3 is 0 Å². The molecule has 0 radical (unpaired) electrons. The van der Waals surface area contributed by atoms with Crippen molar-refractivity contribution in [2.45, 2.75) is 19.0 Å². The highest BCUT2D eigenvalue weighted by molar-refractivity contribution is 5.79. The van der Waals surface area contributed by atoms with Crippen LogP contribution in [0.4, 0.5) is 4.39 Å². The molecule has 1 aliphatic heterocycles. The van der Waals surface area contributed by atoms with Gasteiger partial charge in [0.05, 0.1) is 5.52 Å². The molecule has 2 unspecified atom stereocenters. The van der Waals surface area contributed by atoms with Crippen molar-refractivity contribution in [2.75, 3.05) is 13.1 Å². The summed E-state index contributed by atoms with van der Waals surface area (Å²) in [7, 11) is 0. The van der Waals surface area contributed by atoms with Crippen LogP contribution in [0.15, 0.2) is 36.5 Å². The Labute approximate surface area is 106 Å². The lowest BCUT2D eigenvalue weighted by Crippen LogP contribution is -2.32. The molecule has 0 spiro atoms. The number of nitrogens with one attached hydrogen (secondary N) is 1. The topological polar surface area (TPSA) is 24.9 Å². The van der Waals surface area contributed by atoms with Crippen LogP contribution in [-0.4, -0.2) is 18.1 Å². The summed E-state index contributed by atoms with van der Waals surface area (Å²) in [4.78, 5) is 4.26. The van der Waals surface area contributed by atoms with Crippen LogP contribution in [0.25, 0.3) is 10.9 Å². The number of fused-ring (bicyclic) bond motifs is 1. The third-order valence-corrected chi connectivity index (χ3v) is 3.69. The second-order valence-corrected chi connectivity index (χ2v) is 4.96. The summed E-state index contributed by atoms with van der Waals surface area (Å²) < 4.78 is 14.5. The molecule has 94 valence electrons. The Morgan fingerprint density at radius 3 is 3.11 bits per heavy atom. The molecule has 2 heterocycles. The molecule has 1 N–H and O–H groups in total. The van der Waals surface area contributed by atoms with Gasteiger partial charge in [-0.05, 0) is 43.1 Å². The monoisotopic (exact) mass is 244 g/mol. The second-order valence-electron chi connectivity index (χ2n) is 4.96. The summed E-state index contributed by atoms with van der Waals surface area (Å²) in [5.41, 5.74) is 1.71. The maximum Gasteiger partial charge on any atom is 0.129 e. The first-order valence-corrected chi connectivity index (χ1v) is 6.54. The van der Waals surface area contributed by atoms with Gasteiger partial charge in [0, 0.05) is 24.0 Å². The Bertz CT molecular complexity index is 535. The van der Waals surface area contributed by atoms with Gasteiger partial charge in [-0.15, -0.1) is 0 Å². The smallest absolute Gasteiger partial charge is 0.129 e. The van der Waals surface area contributed by atoms with E-state index in [4.69, 9.17) is 0 Å². The Morgan fingerprint density at radius 2 is 2.28 bits per heavy atom. The van der Waals surface area contributed by atoms with Crippen LogP contribution in [0.5, 0.6) is 0 Å². The van der Waals surface area contributed by atoms with Gasteiger partial charge in [-0.2, -0.15) is 0 Å². The number of alkyl halides is 1. The highest BCUT2D eigenvalue weighted by Gasteiger charge is 2.24. The molecule has 0 aliphatic carbocycles. The third kappa shape index (κ3) is 2.23. The van der Waals surface area contributed by atoms with Gasteiger partial charge in [0.2, 0.25) is 0 Å². The first-order chi connectivity index (χ1) is 8.84. The molecular formula is C15H17FN2. The molecule has 18 heavy (non-hydrogen) atoms. The molecule has 0 saturated carbocycles. The Balaban J connectivity index is 1.88. The maximum atomic E-state index is 14.5. The van der Waals surface area contributed by atoms with Crippen LogP contribution in [0.2, 0.25) is 0 Å². The Hall–Kier alpha value is -1.48. The molecule has 3 heteroatoms. The predicted molar refractivity (Wildman–Crippen MR) is 71.2 cm³/mol. The SMILES string of the molecule is FC(c1ccc2ncccc2c1)C1CCCNC1. The predicted octanol–water partition coefficient (Wildman–Crippen LogP) is 3.25. The number of aromatic nitrogens is 1. The molecule has 1 aromatic carbocycles. The molecule has 2 aromatic rings.